The third-order valence-corrected chi connectivity index (χ3v) is 5.23. The van der Waals surface area contributed by atoms with E-state index in [2.05, 4.69) is 6.92 Å². The Morgan fingerprint density at radius 2 is 1.86 bits per heavy atom. The Kier molecular flexibility index (Phi) is 5.87. The smallest absolute Gasteiger partial charge is 0.314 e. The fourth-order valence-electron chi connectivity index (χ4n) is 3.68. The van der Waals surface area contributed by atoms with Crippen LogP contribution in [-0.2, 0) is 10.2 Å². The third kappa shape index (κ3) is 3.63. The molecule has 122 valence electrons. The number of rotatable bonds is 7. The predicted molar refractivity (Wildman–Crippen MR) is 88.4 cm³/mol. The quantitative estimate of drug-likeness (QED) is 0.737. The lowest BCUT2D eigenvalue weighted by molar-refractivity contribution is -0.145. The van der Waals surface area contributed by atoms with Gasteiger partial charge in [-0.25, -0.2) is 0 Å². The van der Waals surface area contributed by atoms with E-state index in [9.17, 15) is 9.90 Å². The zero-order valence-corrected chi connectivity index (χ0v) is 13.8. The molecule has 1 N–H and O–H groups in total. The summed E-state index contributed by atoms with van der Waals surface area (Å²) < 4.78 is 5.17. The number of hydrogen-bond acceptors (Lipinski definition) is 2. The van der Waals surface area contributed by atoms with E-state index in [0.717, 1.165) is 37.0 Å². The molecule has 2 rings (SSSR count). The summed E-state index contributed by atoms with van der Waals surface area (Å²) in [5, 5.41) is 9.84. The number of unbranched alkanes of at least 4 members (excludes halogenated alkanes) is 2. The molecule has 0 atom stereocenters. The summed E-state index contributed by atoms with van der Waals surface area (Å²) in [7, 11) is 1.63. The maximum atomic E-state index is 12.0. The highest BCUT2D eigenvalue weighted by Crippen LogP contribution is 2.43. The minimum absolute atomic E-state index is 0.676. The third-order valence-electron chi connectivity index (χ3n) is 5.23. The Morgan fingerprint density at radius 1 is 1.23 bits per heavy atom. The van der Waals surface area contributed by atoms with Gasteiger partial charge in [0.25, 0.3) is 0 Å². The molecule has 1 aromatic carbocycles. The molecule has 1 fully saturated rings. The standard InChI is InChI=1S/C19H28O3/c1-3-4-5-6-15-11-13-19(14-12-15,18(20)21)16-7-9-17(22-2)10-8-16/h7-10,15H,3-6,11-14H2,1-2H3,(H,20,21). The highest BCUT2D eigenvalue weighted by atomic mass is 16.5. The van der Waals surface area contributed by atoms with Gasteiger partial charge in [-0.2, -0.15) is 0 Å². The molecule has 0 spiro atoms. The Labute approximate surface area is 133 Å². The minimum atomic E-state index is -0.701. The summed E-state index contributed by atoms with van der Waals surface area (Å²) in [5.41, 5.74) is 0.223. The van der Waals surface area contributed by atoms with Crippen LogP contribution in [0.4, 0.5) is 0 Å². The van der Waals surface area contributed by atoms with E-state index < -0.39 is 11.4 Å². The van der Waals surface area contributed by atoms with Crippen molar-refractivity contribution in [2.45, 2.75) is 63.7 Å². The van der Waals surface area contributed by atoms with Crippen LogP contribution >= 0.6 is 0 Å². The average molecular weight is 304 g/mol. The second-order valence-electron chi connectivity index (χ2n) is 6.55. The predicted octanol–water partition coefficient (Wildman–Crippen LogP) is 4.79. The summed E-state index contributed by atoms with van der Waals surface area (Å²) in [6.45, 7) is 2.22. The molecular weight excluding hydrogens is 276 g/mol. The van der Waals surface area contributed by atoms with E-state index >= 15 is 0 Å². The Morgan fingerprint density at radius 3 is 2.36 bits per heavy atom. The molecule has 1 saturated carbocycles. The van der Waals surface area contributed by atoms with Gasteiger partial charge in [-0.3, -0.25) is 4.79 Å². The lowest BCUT2D eigenvalue weighted by atomic mass is 9.66. The van der Waals surface area contributed by atoms with Gasteiger partial charge in [-0.15, -0.1) is 0 Å². The van der Waals surface area contributed by atoms with E-state index in [1.165, 1.54) is 25.7 Å². The molecule has 0 radical (unpaired) electrons. The summed E-state index contributed by atoms with van der Waals surface area (Å²) in [5.74, 6) is 0.805. The first kappa shape index (κ1) is 16.9. The highest BCUT2D eigenvalue weighted by molar-refractivity contribution is 5.81. The van der Waals surface area contributed by atoms with Crippen LogP contribution in [0.15, 0.2) is 24.3 Å². The van der Waals surface area contributed by atoms with Crippen molar-refractivity contribution in [2.75, 3.05) is 7.11 Å². The van der Waals surface area contributed by atoms with Crippen molar-refractivity contribution < 1.29 is 14.6 Å². The maximum absolute atomic E-state index is 12.0. The summed E-state index contributed by atoms with van der Waals surface area (Å²) >= 11 is 0. The topological polar surface area (TPSA) is 46.5 Å². The fraction of sp³-hybridized carbons (Fsp3) is 0.632. The normalized spacial score (nSPS) is 24.9. The van der Waals surface area contributed by atoms with Crippen LogP contribution in [0.25, 0.3) is 0 Å². The molecule has 0 amide bonds. The lowest BCUT2D eigenvalue weighted by Gasteiger charge is -2.37. The van der Waals surface area contributed by atoms with Crippen molar-refractivity contribution in [3.63, 3.8) is 0 Å². The van der Waals surface area contributed by atoms with Crippen molar-refractivity contribution in [1.29, 1.82) is 0 Å². The molecule has 0 bridgehead atoms. The molecule has 1 aliphatic carbocycles. The number of carboxylic acids is 1. The van der Waals surface area contributed by atoms with Gasteiger partial charge in [-0.05, 0) is 49.3 Å². The molecule has 22 heavy (non-hydrogen) atoms. The van der Waals surface area contributed by atoms with Crippen LogP contribution in [0, 0.1) is 5.92 Å². The number of hydrogen-bond donors (Lipinski definition) is 1. The zero-order chi connectivity index (χ0) is 16.0. The average Bonchev–Trinajstić information content (AvgIpc) is 2.56. The largest absolute Gasteiger partial charge is 0.497 e. The van der Waals surface area contributed by atoms with E-state index in [0.29, 0.717) is 5.92 Å². The maximum Gasteiger partial charge on any atom is 0.314 e. The Balaban J connectivity index is 2.06. The van der Waals surface area contributed by atoms with Crippen LogP contribution in [0.5, 0.6) is 5.75 Å². The monoisotopic (exact) mass is 304 g/mol. The number of methoxy groups -OCH3 is 1. The number of ether oxygens (including phenoxy) is 1. The molecule has 0 aromatic heterocycles. The first-order valence-electron chi connectivity index (χ1n) is 8.50. The molecule has 1 aromatic rings. The fourth-order valence-corrected chi connectivity index (χ4v) is 3.68. The second kappa shape index (κ2) is 7.66. The van der Waals surface area contributed by atoms with Gasteiger partial charge in [0, 0.05) is 0 Å². The molecule has 0 saturated heterocycles. The minimum Gasteiger partial charge on any atom is -0.497 e. The molecular formula is C19H28O3. The number of benzene rings is 1. The van der Waals surface area contributed by atoms with E-state index in [4.69, 9.17) is 4.74 Å². The zero-order valence-electron chi connectivity index (χ0n) is 13.8. The van der Waals surface area contributed by atoms with Gasteiger partial charge in [-0.1, -0.05) is 44.7 Å². The van der Waals surface area contributed by atoms with Crippen molar-refractivity contribution >= 4 is 5.97 Å². The van der Waals surface area contributed by atoms with Gasteiger partial charge < -0.3 is 9.84 Å². The lowest BCUT2D eigenvalue weighted by Crippen LogP contribution is -2.39. The second-order valence-corrected chi connectivity index (χ2v) is 6.55. The van der Waals surface area contributed by atoms with Gasteiger partial charge >= 0.3 is 5.97 Å². The van der Waals surface area contributed by atoms with Crippen LogP contribution in [0.2, 0.25) is 0 Å². The van der Waals surface area contributed by atoms with Crippen molar-refractivity contribution in [2.24, 2.45) is 5.92 Å². The van der Waals surface area contributed by atoms with Crippen LogP contribution < -0.4 is 4.74 Å². The van der Waals surface area contributed by atoms with E-state index in [1.807, 2.05) is 24.3 Å². The van der Waals surface area contributed by atoms with Crippen molar-refractivity contribution in [3.8, 4) is 5.75 Å². The number of aliphatic carboxylic acids is 1. The van der Waals surface area contributed by atoms with Crippen molar-refractivity contribution in [3.05, 3.63) is 29.8 Å². The van der Waals surface area contributed by atoms with Gasteiger partial charge in [0.15, 0.2) is 0 Å². The number of carbonyl (C=O) groups is 1. The van der Waals surface area contributed by atoms with Crippen LogP contribution in [-0.4, -0.2) is 18.2 Å². The molecule has 3 heteroatoms. The molecule has 0 aliphatic heterocycles. The number of carboxylic acid groups (broad SMARTS) is 1. The van der Waals surface area contributed by atoms with E-state index in [1.54, 1.807) is 7.11 Å². The van der Waals surface area contributed by atoms with Crippen LogP contribution in [0.3, 0.4) is 0 Å². The molecule has 1 aliphatic rings. The van der Waals surface area contributed by atoms with Gasteiger partial charge in [0.1, 0.15) is 5.75 Å². The summed E-state index contributed by atoms with van der Waals surface area (Å²) in [6.07, 6.45) is 8.65. The molecule has 0 heterocycles. The first-order valence-corrected chi connectivity index (χ1v) is 8.50. The Hall–Kier alpha value is -1.51. The van der Waals surface area contributed by atoms with Crippen LogP contribution in [0.1, 0.15) is 63.9 Å². The summed E-state index contributed by atoms with van der Waals surface area (Å²) in [4.78, 5) is 12.0. The molecule has 3 nitrogen and oxygen atoms in total. The highest BCUT2D eigenvalue weighted by Gasteiger charge is 2.43. The Bertz CT molecular complexity index is 470. The van der Waals surface area contributed by atoms with Gasteiger partial charge in [0.2, 0.25) is 0 Å². The SMILES string of the molecule is CCCCCC1CCC(C(=O)O)(c2ccc(OC)cc2)CC1. The molecule has 0 unspecified atom stereocenters. The summed E-state index contributed by atoms with van der Waals surface area (Å²) in [6, 6.07) is 7.58. The van der Waals surface area contributed by atoms with Crippen molar-refractivity contribution in [1.82, 2.24) is 0 Å². The van der Waals surface area contributed by atoms with E-state index in [-0.39, 0.29) is 0 Å². The first-order chi connectivity index (χ1) is 10.6. The van der Waals surface area contributed by atoms with Gasteiger partial charge in [0.05, 0.1) is 12.5 Å².